The standard InChI is InChI=1S/C35H38FN7O3.ClH/c1-18-12-28-29(40-32(39-28)22-10-11-22)16-25(18)21-6-2-19(3-7-21)13-27(38)35(46)43(34(45)23-8-4-20(17-37)5-9-23)24-14-26(36)31-30(15-24)41-42-33(31)44;/h2-3,6-7,12,14-16,20,22-23,27H,4-5,8-11,13,17,37-38H2,1H3,(H,39,40)(H2,41,42,44);1H/t20?,23?,27-;/m0./s1. The molecular weight excluding hydrogens is 621 g/mol. The Morgan fingerprint density at radius 3 is 2.40 bits per heavy atom. The van der Waals surface area contributed by atoms with Crippen molar-refractivity contribution < 1.29 is 14.0 Å². The maximum absolute atomic E-state index is 15.1. The Hall–Kier alpha value is -4.32. The Kier molecular flexibility index (Phi) is 9.06. The van der Waals surface area contributed by atoms with Crippen LogP contribution in [0.15, 0.2) is 53.3 Å². The molecule has 12 heteroatoms. The molecule has 2 heterocycles. The van der Waals surface area contributed by atoms with Crippen LogP contribution in [-0.4, -0.2) is 44.6 Å². The summed E-state index contributed by atoms with van der Waals surface area (Å²) >= 11 is 0. The van der Waals surface area contributed by atoms with Gasteiger partial charge in [0.25, 0.3) is 11.5 Å². The molecule has 2 aliphatic rings. The molecule has 10 nitrogen and oxygen atoms in total. The van der Waals surface area contributed by atoms with Crippen LogP contribution in [0.4, 0.5) is 10.1 Å². The van der Waals surface area contributed by atoms with E-state index in [1.807, 2.05) is 24.3 Å². The Morgan fingerprint density at radius 2 is 1.72 bits per heavy atom. The highest BCUT2D eigenvalue weighted by Gasteiger charge is 2.36. The number of hydrogen-bond acceptors (Lipinski definition) is 6. The third-order valence-electron chi connectivity index (χ3n) is 9.69. The Morgan fingerprint density at radius 1 is 1.00 bits per heavy atom. The second-order valence-corrected chi connectivity index (χ2v) is 13.0. The van der Waals surface area contributed by atoms with E-state index < -0.39 is 35.2 Å². The molecule has 5 aromatic rings. The van der Waals surface area contributed by atoms with Gasteiger partial charge in [-0.25, -0.2) is 14.3 Å². The predicted octanol–water partition coefficient (Wildman–Crippen LogP) is 5.34. The molecule has 0 radical (unpaired) electrons. The highest BCUT2D eigenvalue weighted by atomic mass is 35.5. The van der Waals surface area contributed by atoms with Crippen LogP contribution in [0.25, 0.3) is 33.1 Å². The summed E-state index contributed by atoms with van der Waals surface area (Å²) in [4.78, 5) is 49.2. The number of imide groups is 1. The Labute approximate surface area is 276 Å². The number of nitrogens with two attached hydrogens (primary N) is 2. The number of nitrogens with one attached hydrogen (secondary N) is 3. The van der Waals surface area contributed by atoms with E-state index >= 15 is 4.39 Å². The minimum atomic E-state index is -1.07. The van der Waals surface area contributed by atoms with Crippen molar-refractivity contribution in [3.8, 4) is 11.1 Å². The van der Waals surface area contributed by atoms with Crippen molar-refractivity contribution in [3.63, 3.8) is 0 Å². The van der Waals surface area contributed by atoms with Crippen LogP contribution >= 0.6 is 12.4 Å². The van der Waals surface area contributed by atoms with Crippen LogP contribution in [0.1, 0.15) is 61.4 Å². The molecule has 2 aromatic heterocycles. The number of aromatic nitrogens is 4. The lowest BCUT2D eigenvalue weighted by atomic mass is 9.81. The number of halogens is 2. The molecule has 246 valence electrons. The third-order valence-corrected chi connectivity index (χ3v) is 9.69. The first-order valence-electron chi connectivity index (χ1n) is 16.0. The van der Waals surface area contributed by atoms with Gasteiger partial charge < -0.3 is 16.5 Å². The highest BCUT2D eigenvalue weighted by molar-refractivity contribution is 6.17. The van der Waals surface area contributed by atoms with Crippen LogP contribution in [0.3, 0.4) is 0 Å². The molecule has 2 aliphatic carbocycles. The second kappa shape index (κ2) is 13.1. The maximum atomic E-state index is 15.1. The highest BCUT2D eigenvalue weighted by Crippen LogP contribution is 2.40. The number of benzene rings is 3. The van der Waals surface area contributed by atoms with Gasteiger partial charge in [-0.3, -0.25) is 24.6 Å². The van der Waals surface area contributed by atoms with Crippen molar-refractivity contribution in [2.24, 2.45) is 23.3 Å². The summed E-state index contributed by atoms with van der Waals surface area (Å²) in [5.41, 5.74) is 18.0. The number of rotatable bonds is 8. The average Bonchev–Trinajstić information content (AvgIpc) is 3.72. The van der Waals surface area contributed by atoms with Crippen LogP contribution in [-0.2, 0) is 16.0 Å². The van der Waals surface area contributed by atoms with E-state index in [4.69, 9.17) is 16.5 Å². The van der Waals surface area contributed by atoms with Gasteiger partial charge >= 0.3 is 0 Å². The first-order valence-corrected chi connectivity index (χ1v) is 16.0. The smallest absolute Gasteiger partial charge is 0.274 e. The normalized spacial score (nSPS) is 18.6. The quantitative estimate of drug-likeness (QED) is 0.151. The number of carbonyl (C=O) groups excluding carboxylic acids is 2. The molecule has 47 heavy (non-hydrogen) atoms. The van der Waals surface area contributed by atoms with Crippen LogP contribution in [0, 0.1) is 24.6 Å². The minimum absolute atomic E-state index is 0. The molecule has 7 N–H and O–H groups in total. The summed E-state index contributed by atoms with van der Waals surface area (Å²) in [5.74, 6) is -0.363. The molecule has 0 unspecified atom stereocenters. The molecular formula is C35H39ClFN7O3. The van der Waals surface area contributed by atoms with Crippen LogP contribution < -0.4 is 21.9 Å². The summed E-state index contributed by atoms with van der Waals surface area (Å²) < 4.78 is 15.1. The number of aromatic amines is 3. The molecule has 7 rings (SSSR count). The maximum Gasteiger partial charge on any atom is 0.274 e. The summed E-state index contributed by atoms with van der Waals surface area (Å²) in [5, 5.41) is 4.82. The number of H-pyrrole nitrogens is 3. The van der Waals surface area contributed by atoms with Gasteiger partial charge in [-0.1, -0.05) is 24.3 Å². The van der Waals surface area contributed by atoms with E-state index in [1.165, 1.54) is 18.9 Å². The van der Waals surface area contributed by atoms with Crippen molar-refractivity contribution in [3.05, 3.63) is 81.7 Å². The van der Waals surface area contributed by atoms with Crippen LogP contribution in [0.2, 0.25) is 0 Å². The first kappa shape index (κ1) is 32.6. The van der Waals surface area contributed by atoms with Gasteiger partial charge in [-0.2, -0.15) is 0 Å². The van der Waals surface area contributed by atoms with E-state index in [-0.39, 0.29) is 35.4 Å². The second-order valence-electron chi connectivity index (χ2n) is 13.0. The molecule has 2 saturated carbocycles. The molecule has 2 fully saturated rings. The van der Waals surface area contributed by atoms with Crippen molar-refractivity contribution >= 4 is 51.8 Å². The zero-order valence-electron chi connectivity index (χ0n) is 26.1. The average molecular weight is 660 g/mol. The minimum Gasteiger partial charge on any atom is -0.342 e. The van der Waals surface area contributed by atoms with E-state index in [2.05, 4.69) is 34.2 Å². The fourth-order valence-electron chi connectivity index (χ4n) is 6.80. The zero-order valence-corrected chi connectivity index (χ0v) is 27.0. The number of amides is 2. The lowest BCUT2D eigenvalue weighted by Gasteiger charge is -2.32. The van der Waals surface area contributed by atoms with Gasteiger partial charge in [0, 0.05) is 11.8 Å². The lowest BCUT2D eigenvalue weighted by Crippen LogP contribution is -2.50. The SMILES string of the molecule is Cc1cc2[nH]c(C3CC3)nc2cc1-c1ccc(C[C@H](N)C(=O)N(C(=O)C2CCC(CN)CC2)c2cc(F)c3c(=O)[nH][nH]c3c2)cc1.Cl. The summed E-state index contributed by atoms with van der Waals surface area (Å²) in [6.45, 7) is 2.63. The van der Waals surface area contributed by atoms with Crippen molar-refractivity contribution in [1.29, 1.82) is 0 Å². The van der Waals surface area contributed by atoms with Crippen molar-refractivity contribution in [1.82, 2.24) is 20.2 Å². The summed E-state index contributed by atoms with van der Waals surface area (Å²) in [6, 6.07) is 13.5. The number of aryl methyl sites for hydroxylation is 1. The summed E-state index contributed by atoms with van der Waals surface area (Å²) in [7, 11) is 0. The monoisotopic (exact) mass is 659 g/mol. The van der Waals surface area contributed by atoms with Gasteiger partial charge in [-0.15, -0.1) is 12.4 Å². The third kappa shape index (κ3) is 6.35. The van der Waals surface area contributed by atoms with Gasteiger partial charge in [0.1, 0.15) is 17.0 Å². The van der Waals surface area contributed by atoms with Gasteiger partial charge in [0.2, 0.25) is 5.91 Å². The number of carbonyl (C=O) groups is 2. The fourth-order valence-corrected chi connectivity index (χ4v) is 6.80. The molecule has 0 aliphatic heterocycles. The molecule has 0 spiro atoms. The van der Waals surface area contributed by atoms with Crippen molar-refractivity contribution in [2.45, 2.75) is 63.8 Å². The number of imidazole rings is 1. The largest absolute Gasteiger partial charge is 0.342 e. The van der Waals surface area contributed by atoms with E-state index in [1.54, 1.807) is 0 Å². The molecule has 0 saturated heterocycles. The summed E-state index contributed by atoms with van der Waals surface area (Å²) in [6.07, 6.45) is 5.26. The molecule has 0 bridgehead atoms. The van der Waals surface area contributed by atoms with E-state index in [0.29, 0.717) is 31.2 Å². The Bertz CT molecular complexity index is 2010. The molecule has 3 aromatic carbocycles. The van der Waals surface area contributed by atoms with Gasteiger partial charge in [-0.05, 0) is 111 Å². The number of nitrogens with zero attached hydrogens (tertiary/aromatic N) is 2. The zero-order chi connectivity index (χ0) is 32.1. The van der Waals surface area contributed by atoms with Crippen LogP contribution in [0.5, 0.6) is 0 Å². The predicted molar refractivity (Wildman–Crippen MR) is 183 cm³/mol. The van der Waals surface area contributed by atoms with Gasteiger partial charge in [0.05, 0.1) is 28.3 Å². The van der Waals surface area contributed by atoms with E-state index in [0.717, 1.165) is 62.9 Å². The fraction of sp³-hybridized carbons (Fsp3) is 0.371. The van der Waals surface area contributed by atoms with Crippen molar-refractivity contribution in [2.75, 3.05) is 11.4 Å². The number of fused-ring (bicyclic) bond motifs is 2. The van der Waals surface area contributed by atoms with E-state index in [9.17, 15) is 14.4 Å². The van der Waals surface area contributed by atoms with Gasteiger partial charge in [0.15, 0.2) is 0 Å². The topological polar surface area (TPSA) is 167 Å². The first-order chi connectivity index (χ1) is 22.2. The number of anilines is 1. The molecule has 2 amide bonds. The molecule has 1 atom stereocenters. The Balaban J connectivity index is 0.00000386. The number of hydrogen-bond donors (Lipinski definition) is 5. The lowest BCUT2D eigenvalue weighted by molar-refractivity contribution is -0.130.